The van der Waals surface area contributed by atoms with Crippen LogP contribution in [0.3, 0.4) is 0 Å². The number of benzene rings is 2. The first-order valence-electron chi connectivity index (χ1n) is 7.14. The summed E-state index contributed by atoms with van der Waals surface area (Å²) < 4.78 is 23.2. The van der Waals surface area contributed by atoms with E-state index in [9.17, 15) is 9.83 Å². The lowest BCUT2D eigenvalue weighted by molar-refractivity contribution is 0.227. The van der Waals surface area contributed by atoms with E-state index in [2.05, 4.69) is 0 Å². The number of rotatable bonds is 6. The van der Waals surface area contributed by atoms with Crippen molar-refractivity contribution in [2.45, 2.75) is 13.8 Å². The smallest absolute Gasteiger partial charge is 0.305 e. The Kier molecular flexibility index (Phi) is 5.51. The molecule has 0 heterocycles. The second-order valence-corrected chi connectivity index (χ2v) is 6.54. The zero-order valence-corrected chi connectivity index (χ0v) is 13.5. The van der Waals surface area contributed by atoms with Gasteiger partial charge >= 0.3 is 7.60 Å². The van der Waals surface area contributed by atoms with Gasteiger partial charge in [0, 0.05) is 0 Å². The lowest BCUT2D eigenvalue weighted by Crippen LogP contribution is -1.98. The molecule has 0 N–H and O–H groups in total. The minimum Gasteiger partial charge on any atom is -0.305 e. The standard InChI is InChI=1S/C17H18NO3P/c1-3-20-22(19,21-4-2)16(13-18)12-15-10-7-9-14-8-5-6-11-17(14)15/h5-12H,3-4H2,1-2H3/b16-12-. The van der Waals surface area contributed by atoms with E-state index in [1.165, 1.54) is 0 Å². The third kappa shape index (κ3) is 3.45. The Balaban J connectivity index is 2.56. The molecule has 0 atom stereocenters. The van der Waals surface area contributed by atoms with Gasteiger partial charge in [-0.05, 0) is 36.3 Å². The molecule has 0 unspecified atom stereocenters. The minimum absolute atomic E-state index is 0.0209. The van der Waals surface area contributed by atoms with Gasteiger partial charge in [-0.25, -0.2) is 0 Å². The summed E-state index contributed by atoms with van der Waals surface area (Å²) in [6, 6.07) is 15.6. The summed E-state index contributed by atoms with van der Waals surface area (Å²) in [6.07, 6.45) is 1.59. The summed E-state index contributed by atoms with van der Waals surface area (Å²) >= 11 is 0. The number of hydrogen-bond donors (Lipinski definition) is 0. The van der Waals surface area contributed by atoms with Gasteiger partial charge in [-0.1, -0.05) is 42.5 Å². The molecule has 0 amide bonds. The van der Waals surface area contributed by atoms with E-state index >= 15 is 0 Å². The van der Waals surface area contributed by atoms with E-state index in [1.807, 2.05) is 48.5 Å². The van der Waals surface area contributed by atoms with Gasteiger partial charge in [0.15, 0.2) is 0 Å². The van der Waals surface area contributed by atoms with Gasteiger partial charge in [0.1, 0.15) is 11.4 Å². The maximum atomic E-state index is 12.7. The summed E-state index contributed by atoms with van der Waals surface area (Å²) in [5.41, 5.74) is 0.814. The van der Waals surface area contributed by atoms with Gasteiger partial charge in [-0.2, -0.15) is 5.26 Å². The lowest BCUT2D eigenvalue weighted by Gasteiger charge is -2.16. The average molecular weight is 315 g/mol. The van der Waals surface area contributed by atoms with Crippen molar-refractivity contribution >= 4 is 24.4 Å². The minimum atomic E-state index is -3.57. The van der Waals surface area contributed by atoms with Crippen LogP contribution in [0.2, 0.25) is 0 Å². The highest BCUT2D eigenvalue weighted by atomic mass is 31.2. The second kappa shape index (κ2) is 7.38. The number of allylic oxidation sites excluding steroid dienone is 1. The molecule has 4 nitrogen and oxygen atoms in total. The van der Waals surface area contributed by atoms with Crippen LogP contribution in [0.5, 0.6) is 0 Å². The maximum Gasteiger partial charge on any atom is 0.371 e. The molecule has 22 heavy (non-hydrogen) atoms. The van der Waals surface area contributed by atoms with Crippen LogP contribution in [-0.2, 0) is 13.6 Å². The molecule has 2 rings (SSSR count). The molecule has 0 fully saturated rings. The maximum absolute atomic E-state index is 12.7. The Morgan fingerprint density at radius 3 is 2.41 bits per heavy atom. The zero-order chi connectivity index (χ0) is 16.0. The SMILES string of the molecule is CCOP(=O)(OCC)/C(C#N)=C\c1cccc2ccccc12. The molecule has 0 saturated heterocycles. The van der Waals surface area contributed by atoms with Crippen LogP contribution in [0, 0.1) is 11.3 Å². The molecular formula is C17H18NO3P. The van der Waals surface area contributed by atoms with Crippen molar-refractivity contribution in [1.29, 1.82) is 5.26 Å². The first kappa shape index (κ1) is 16.5. The molecule has 0 aliphatic heterocycles. The first-order valence-corrected chi connectivity index (χ1v) is 8.68. The van der Waals surface area contributed by atoms with Crippen LogP contribution in [-0.4, -0.2) is 13.2 Å². The molecule has 0 aromatic heterocycles. The normalized spacial score (nSPS) is 12.3. The van der Waals surface area contributed by atoms with Gasteiger partial charge in [0.2, 0.25) is 0 Å². The Labute approximate surface area is 130 Å². The van der Waals surface area contributed by atoms with E-state index in [0.717, 1.165) is 16.3 Å². The predicted molar refractivity (Wildman–Crippen MR) is 88.4 cm³/mol. The summed E-state index contributed by atoms with van der Waals surface area (Å²) in [4.78, 5) is 0. The van der Waals surface area contributed by atoms with E-state index in [-0.39, 0.29) is 18.5 Å². The average Bonchev–Trinajstić information content (AvgIpc) is 2.53. The molecule has 114 valence electrons. The first-order chi connectivity index (χ1) is 10.6. The molecule has 0 bridgehead atoms. The Bertz CT molecular complexity index is 762. The van der Waals surface area contributed by atoms with Gasteiger partial charge in [0.25, 0.3) is 0 Å². The van der Waals surface area contributed by atoms with Crippen LogP contribution in [0.4, 0.5) is 0 Å². The van der Waals surface area contributed by atoms with Crippen molar-refractivity contribution in [3.05, 3.63) is 53.3 Å². The fourth-order valence-corrected chi connectivity index (χ4v) is 3.66. The summed E-state index contributed by atoms with van der Waals surface area (Å²) in [6.45, 7) is 3.87. The number of nitrogens with zero attached hydrogens (tertiary/aromatic N) is 1. The number of nitriles is 1. The summed E-state index contributed by atoms with van der Waals surface area (Å²) in [7, 11) is -3.57. The fraction of sp³-hybridized carbons (Fsp3) is 0.235. The molecule has 2 aromatic rings. The summed E-state index contributed by atoms with van der Waals surface area (Å²) in [5.74, 6) is 0. The molecule has 0 radical (unpaired) electrons. The third-order valence-corrected chi connectivity index (χ3v) is 5.14. The van der Waals surface area contributed by atoms with Crippen molar-refractivity contribution in [2.24, 2.45) is 0 Å². The van der Waals surface area contributed by atoms with Crippen LogP contribution in [0.25, 0.3) is 16.8 Å². The van der Waals surface area contributed by atoms with Crippen molar-refractivity contribution in [3.8, 4) is 6.07 Å². The highest BCUT2D eigenvalue weighted by Crippen LogP contribution is 2.56. The molecule has 5 heteroatoms. The topological polar surface area (TPSA) is 59.3 Å². The molecule has 0 aliphatic carbocycles. The van der Waals surface area contributed by atoms with Gasteiger partial charge in [0.05, 0.1) is 13.2 Å². The number of hydrogen-bond acceptors (Lipinski definition) is 4. The highest BCUT2D eigenvalue weighted by molar-refractivity contribution is 7.59. The Morgan fingerprint density at radius 1 is 1.14 bits per heavy atom. The van der Waals surface area contributed by atoms with E-state index in [1.54, 1.807) is 19.9 Å². The third-order valence-electron chi connectivity index (χ3n) is 3.12. The zero-order valence-electron chi connectivity index (χ0n) is 12.7. The van der Waals surface area contributed by atoms with Gasteiger partial charge < -0.3 is 9.05 Å². The van der Waals surface area contributed by atoms with Crippen molar-refractivity contribution in [2.75, 3.05) is 13.2 Å². The van der Waals surface area contributed by atoms with Crippen LogP contribution in [0.1, 0.15) is 19.4 Å². The monoisotopic (exact) mass is 315 g/mol. The quantitative estimate of drug-likeness (QED) is 0.558. The molecule has 0 spiro atoms. The van der Waals surface area contributed by atoms with Crippen molar-refractivity contribution in [3.63, 3.8) is 0 Å². The second-order valence-electron chi connectivity index (χ2n) is 4.54. The largest absolute Gasteiger partial charge is 0.371 e. The van der Waals surface area contributed by atoms with E-state index in [0.29, 0.717) is 0 Å². The van der Waals surface area contributed by atoms with Crippen LogP contribution >= 0.6 is 7.60 Å². The van der Waals surface area contributed by atoms with Gasteiger partial charge in [-0.3, -0.25) is 4.57 Å². The molecule has 0 saturated carbocycles. The molecule has 2 aromatic carbocycles. The molecular weight excluding hydrogens is 297 g/mol. The number of fused-ring (bicyclic) bond motifs is 1. The van der Waals surface area contributed by atoms with Crippen LogP contribution in [0.15, 0.2) is 47.8 Å². The van der Waals surface area contributed by atoms with Crippen molar-refractivity contribution < 1.29 is 13.6 Å². The van der Waals surface area contributed by atoms with E-state index in [4.69, 9.17) is 9.05 Å². The Morgan fingerprint density at radius 2 is 1.77 bits per heavy atom. The highest BCUT2D eigenvalue weighted by Gasteiger charge is 2.29. The fourth-order valence-electron chi connectivity index (χ4n) is 2.21. The molecule has 0 aliphatic rings. The lowest BCUT2D eigenvalue weighted by atomic mass is 10.0. The van der Waals surface area contributed by atoms with E-state index < -0.39 is 7.60 Å². The summed E-state index contributed by atoms with van der Waals surface area (Å²) in [5, 5.41) is 11.5. The van der Waals surface area contributed by atoms with Crippen molar-refractivity contribution in [1.82, 2.24) is 0 Å². The van der Waals surface area contributed by atoms with Crippen LogP contribution < -0.4 is 0 Å². The predicted octanol–water partition coefficient (Wildman–Crippen LogP) is 4.97. The Hall–Kier alpha value is -1.92. The van der Waals surface area contributed by atoms with Gasteiger partial charge in [-0.15, -0.1) is 0 Å².